The predicted molar refractivity (Wildman–Crippen MR) is 99.0 cm³/mol. The Morgan fingerprint density at radius 1 is 1.00 bits per heavy atom. The van der Waals surface area contributed by atoms with Gasteiger partial charge >= 0.3 is 0 Å². The Labute approximate surface area is 143 Å². The van der Waals surface area contributed by atoms with Gasteiger partial charge in [0, 0.05) is 22.7 Å². The Hall–Kier alpha value is -1.64. The summed E-state index contributed by atoms with van der Waals surface area (Å²) in [6.45, 7) is 1.90. The van der Waals surface area contributed by atoms with Crippen molar-refractivity contribution >= 4 is 17.3 Å². The molecule has 0 heterocycles. The molecule has 1 aliphatic carbocycles. The Balaban J connectivity index is 2.01. The van der Waals surface area contributed by atoms with Crippen molar-refractivity contribution in [2.45, 2.75) is 19.3 Å². The van der Waals surface area contributed by atoms with E-state index in [0.717, 1.165) is 43.1 Å². The first-order valence-electron chi connectivity index (χ1n) is 8.21. The van der Waals surface area contributed by atoms with Gasteiger partial charge in [0.05, 0.1) is 5.71 Å². The molecule has 2 nitrogen and oxygen atoms in total. The zero-order valence-electron chi connectivity index (χ0n) is 13.8. The fourth-order valence-electron chi connectivity index (χ4n) is 3.12. The summed E-state index contributed by atoms with van der Waals surface area (Å²) in [5, 5.41) is 0.782. The molecule has 0 bridgehead atoms. The van der Waals surface area contributed by atoms with E-state index in [2.05, 4.69) is 55.4 Å². The van der Waals surface area contributed by atoms with Crippen molar-refractivity contribution < 1.29 is 0 Å². The van der Waals surface area contributed by atoms with Crippen molar-refractivity contribution in [3.05, 3.63) is 69.7 Å². The van der Waals surface area contributed by atoms with Crippen LogP contribution in [0.15, 0.2) is 47.5 Å². The molecule has 0 aromatic heterocycles. The first kappa shape index (κ1) is 16.2. The third-order valence-electron chi connectivity index (χ3n) is 4.30. The van der Waals surface area contributed by atoms with Gasteiger partial charge in [-0.1, -0.05) is 41.9 Å². The normalized spacial score (nSPS) is 15.4. The molecule has 0 aliphatic heterocycles. The molecule has 0 atom stereocenters. The minimum Gasteiger partial charge on any atom is -0.309 e. The van der Waals surface area contributed by atoms with Crippen LogP contribution in [0.25, 0.3) is 0 Å². The molecule has 2 aromatic rings. The first-order valence-corrected chi connectivity index (χ1v) is 8.59. The quantitative estimate of drug-likeness (QED) is 0.768. The fraction of sp³-hybridized carbons (Fsp3) is 0.350. The molecule has 3 heteroatoms. The van der Waals surface area contributed by atoms with E-state index < -0.39 is 0 Å². The Morgan fingerprint density at radius 2 is 1.74 bits per heavy atom. The van der Waals surface area contributed by atoms with Crippen molar-refractivity contribution in [3.8, 4) is 0 Å². The third-order valence-corrected chi connectivity index (χ3v) is 4.53. The van der Waals surface area contributed by atoms with E-state index in [4.69, 9.17) is 16.6 Å². The molecule has 0 radical (unpaired) electrons. The molecule has 120 valence electrons. The van der Waals surface area contributed by atoms with Gasteiger partial charge < -0.3 is 4.90 Å². The van der Waals surface area contributed by atoms with Crippen molar-refractivity contribution in [1.82, 2.24) is 4.90 Å². The van der Waals surface area contributed by atoms with Crippen LogP contribution in [0.4, 0.5) is 0 Å². The van der Waals surface area contributed by atoms with Gasteiger partial charge in [0.1, 0.15) is 0 Å². The molecule has 1 aliphatic rings. The monoisotopic (exact) mass is 326 g/mol. The van der Waals surface area contributed by atoms with Crippen LogP contribution in [-0.4, -0.2) is 37.8 Å². The molecule has 0 saturated heterocycles. The van der Waals surface area contributed by atoms with Crippen LogP contribution >= 0.6 is 11.6 Å². The second kappa shape index (κ2) is 7.29. The zero-order valence-corrected chi connectivity index (χ0v) is 14.6. The lowest BCUT2D eigenvalue weighted by Crippen LogP contribution is -2.14. The van der Waals surface area contributed by atoms with Crippen LogP contribution in [0.2, 0.25) is 5.02 Å². The first-order chi connectivity index (χ1) is 11.1. The summed E-state index contributed by atoms with van der Waals surface area (Å²) in [6, 6.07) is 14.8. The maximum Gasteiger partial charge on any atom is 0.0724 e. The van der Waals surface area contributed by atoms with E-state index in [0.29, 0.717) is 0 Å². The number of aryl methyl sites for hydroxylation is 2. The lowest BCUT2D eigenvalue weighted by Gasteiger charge is -2.12. The van der Waals surface area contributed by atoms with Gasteiger partial charge in [-0.25, -0.2) is 0 Å². The van der Waals surface area contributed by atoms with E-state index in [1.54, 1.807) is 0 Å². The number of nitrogens with zero attached hydrogens (tertiary/aromatic N) is 2. The molecular weight excluding hydrogens is 304 g/mol. The van der Waals surface area contributed by atoms with Crippen molar-refractivity contribution in [2.24, 2.45) is 4.99 Å². The highest BCUT2D eigenvalue weighted by Gasteiger charge is 2.19. The zero-order chi connectivity index (χ0) is 16.2. The number of halogens is 1. The molecule has 2 aromatic carbocycles. The molecule has 0 saturated carbocycles. The van der Waals surface area contributed by atoms with Gasteiger partial charge in [0.15, 0.2) is 0 Å². The maximum atomic E-state index is 6.26. The van der Waals surface area contributed by atoms with Gasteiger partial charge in [-0.05, 0) is 63.2 Å². The highest BCUT2D eigenvalue weighted by Crippen LogP contribution is 2.27. The number of aliphatic imine (C=N–C) groups is 1. The molecule has 3 rings (SSSR count). The van der Waals surface area contributed by atoms with Crippen molar-refractivity contribution in [2.75, 3.05) is 27.2 Å². The molecule has 0 N–H and O–H groups in total. The summed E-state index contributed by atoms with van der Waals surface area (Å²) in [4.78, 5) is 7.17. The summed E-state index contributed by atoms with van der Waals surface area (Å²) in [6.07, 6.45) is 3.16. The van der Waals surface area contributed by atoms with E-state index >= 15 is 0 Å². The van der Waals surface area contributed by atoms with Crippen LogP contribution < -0.4 is 0 Å². The van der Waals surface area contributed by atoms with Crippen LogP contribution in [-0.2, 0) is 12.8 Å². The molecule has 0 amide bonds. The number of rotatable bonds is 4. The van der Waals surface area contributed by atoms with Gasteiger partial charge in [0.25, 0.3) is 0 Å². The average Bonchev–Trinajstić information content (AvgIpc) is 2.68. The third kappa shape index (κ3) is 3.82. The lowest BCUT2D eigenvalue weighted by atomic mass is 9.98. The topological polar surface area (TPSA) is 15.6 Å². The molecular formula is C20H23ClN2. The van der Waals surface area contributed by atoms with E-state index in [9.17, 15) is 0 Å². The maximum absolute atomic E-state index is 6.26. The highest BCUT2D eigenvalue weighted by atomic mass is 35.5. The number of benzene rings is 2. The minimum atomic E-state index is 0.782. The van der Waals surface area contributed by atoms with Gasteiger partial charge in [-0.15, -0.1) is 0 Å². The molecule has 0 fully saturated rings. The smallest absolute Gasteiger partial charge is 0.0724 e. The predicted octanol–water partition coefficient (Wildman–Crippen LogP) is 4.23. The second-order valence-electron chi connectivity index (χ2n) is 6.35. The molecule has 0 unspecified atom stereocenters. The Bertz CT molecular complexity index is 719. The van der Waals surface area contributed by atoms with Crippen LogP contribution in [0.5, 0.6) is 0 Å². The summed E-state index contributed by atoms with van der Waals surface area (Å²) in [7, 11) is 4.20. The number of hydrogen-bond acceptors (Lipinski definition) is 2. The van der Waals surface area contributed by atoms with Gasteiger partial charge in [0.2, 0.25) is 0 Å². The van der Waals surface area contributed by atoms with Crippen molar-refractivity contribution in [3.63, 3.8) is 0 Å². The lowest BCUT2D eigenvalue weighted by molar-refractivity contribution is 0.403. The van der Waals surface area contributed by atoms with Gasteiger partial charge in [-0.3, -0.25) is 4.99 Å². The van der Waals surface area contributed by atoms with Crippen LogP contribution in [0.3, 0.4) is 0 Å². The van der Waals surface area contributed by atoms with Gasteiger partial charge in [-0.2, -0.15) is 0 Å². The minimum absolute atomic E-state index is 0.782. The van der Waals surface area contributed by atoms with Crippen LogP contribution in [0.1, 0.15) is 28.7 Å². The standard InChI is InChI=1S/C20H23ClN2/c1-23(2)13-5-12-22-20-18-7-4-3-6-15(18)8-9-16-10-11-17(21)14-19(16)20/h3-4,6-7,10-11,14H,5,8-9,12-13H2,1-2H3/b22-20-. The Kier molecular flexibility index (Phi) is 5.14. The summed E-state index contributed by atoms with van der Waals surface area (Å²) < 4.78 is 0. The summed E-state index contributed by atoms with van der Waals surface area (Å²) in [5.41, 5.74) is 6.29. The average molecular weight is 327 g/mol. The van der Waals surface area contributed by atoms with Crippen molar-refractivity contribution in [1.29, 1.82) is 0 Å². The highest BCUT2D eigenvalue weighted by molar-refractivity contribution is 6.31. The van der Waals surface area contributed by atoms with E-state index in [-0.39, 0.29) is 0 Å². The molecule has 23 heavy (non-hydrogen) atoms. The summed E-state index contributed by atoms with van der Waals surface area (Å²) in [5.74, 6) is 0. The largest absolute Gasteiger partial charge is 0.309 e. The second-order valence-corrected chi connectivity index (χ2v) is 6.78. The summed E-state index contributed by atoms with van der Waals surface area (Å²) >= 11 is 6.26. The fourth-order valence-corrected chi connectivity index (χ4v) is 3.29. The number of fused-ring (bicyclic) bond motifs is 2. The van der Waals surface area contributed by atoms with E-state index in [1.807, 2.05) is 6.07 Å². The SMILES string of the molecule is CN(C)CCC/N=C1/c2ccccc2CCc2ccc(Cl)cc21. The van der Waals surface area contributed by atoms with E-state index in [1.165, 1.54) is 22.3 Å². The molecule has 0 spiro atoms. The number of hydrogen-bond donors (Lipinski definition) is 0. The Morgan fingerprint density at radius 3 is 2.52 bits per heavy atom. The van der Waals surface area contributed by atoms with Crippen LogP contribution in [0, 0.1) is 0 Å².